The molecule has 0 fully saturated rings. The molecule has 1 aliphatic rings. The van der Waals surface area contributed by atoms with Gasteiger partial charge >= 0.3 is 0 Å². The van der Waals surface area contributed by atoms with Crippen molar-refractivity contribution in [3.8, 4) is 22.5 Å². The van der Waals surface area contributed by atoms with E-state index in [-0.39, 0.29) is 5.41 Å². The van der Waals surface area contributed by atoms with Gasteiger partial charge in [-0.25, -0.2) is 0 Å². The van der Waals surface area contributed by atoms with Crippen LogP contribution in [0.5, 0.6) is 0 Å². The summed E-state index contributed by atoms with van der Waals surface area (Å²) in [5.74, 6) is 0. The molecule has 3 heterocycles. The lowest BCUT2D eigenvalue weighted by atomic mass is 9.72. The van der Waals surface area contributed by atoms with Crippen LogP contribution in [0.1, 0.15) is 30.5 Å². The number of aromatic nitrogens is 2. The topological polar surface area (TPSA) is 21.9 Å². The van der Waals surface area contributed by atoms with Gasteiger partial charge in [0.1, 0.15) is 0 Å². The first-order valence-corrected chi connectivity index (χ1v) is 17.3. The molecule has 1 aliphatic heterocycles. The molecule has 238 valence electrons. The van der Waals surface area contributed by atoms with Gasteiger partial charge in [-0.1, -0.05) is 111 Å². The molecule has 0 radical (unpaired) electrons. The lowest BCUT2D eigenvalue weighted by Gasteiger charge is -2.37. The average molecular weight is 642 g/mol. The van der Waals surface area contributed by atoms with E-state index in [4.69, 9.17) is 0 Å². The van der Waals surface area contributed by atoms with E-state index in [9.17, 15) is 0 Å². The number of nitrogens with zero attached hydrogens (tertiary/aromatic N) is 2. The highest BCUT2D eigenvalue weighted by Gasteiger charge is 2.37. The van der Waals surface area contributed by atoms with Crippen molar-refractivity contribution in [1.82, 2.24) is 9.13 Å². The highest BCUT2D eigenvalue weighted by Crippen LogP contribution is 2.52. The van der Waals surface area contributed by atoms with Crippen molar-refractivity contribution in [1.29, 1.82) is 0 Å². The van der Waals surface area contributed by atoms with Crippen molar-refractivity contribution < 1.29 is 0 Å². The van der Waals surface area contributed by atoms with Crippen LogP contribution in [0.2, 0.25) is 0 Å². The Morgan fingerprint density at radius 2 is 1.10 bits per heavy atom. The molecule has 7 aromatic carbocycles. The molecule has 10 rings (SSSR count). The normalized spacial score (nSPS) is 13.4. The summed E-state index contributed by atoms with van der Waals surface area (Å²) in [6, 6.07) is 55.1. The van der Waals surface area contributed by atoms with Gasteiger partial charge in [0.2, 0.25) is 0 Å². The van der Waals surface area contributed by atoms with E-state index >= 15 is 0 Å². The maximum absolute atomic E-state index is 4.29. The highest BCUT2D eigenvalue weighted by atomic mass is 15.0. The summed E-state index contributed by atoms with van der Waals surface area (Å²) in [5.41, 5.74) is 15.3. The Labute approximate surface area is 291 Å². The number of nitrogens with one attached hydrogen (secondary N) is 1. The fourth-order valence-electron chi connectivity index (χ4n) is 8.54. The molecule has 0 aliphatic carbocycles. The highest BCUT2D eigenvalue weighted by molar-refractivity contribution is 6.15. The summed E-state index contributed by atoms with van der Waals surface area (Å²) in [5, 5.41) is 8.80. The molecule has 3 heteroatoms. The van der Waals surface area contributed by atoms with Gasteiger partial charge < -0.3 is 14.5 Å². The third-order valence-electron chi connectivity index (χ3n) is 10.8. The molecular formula is C47H35N3. The Kier molecular flexibility index (Phi) is 6.07. The molecule has 0 bridgehead atoms. The van der Waals surface area contributed by atoms with Crippen molar-refractivity contribution in [2.75, 3.05) is 5.32 Å². The Hall–Kier alpha value is -6.32. The largest absolute Gasteiger partial charge is 0.354 e. The van der Waals surface area contributed by atoms with Crippen molar-refractivity contribution in [2.45, 2.75) is 19.3 Å². The van der Waals surface area contributed by atoms with E-state index in [0.29, 0.717) is 0 Å². The monoisotopic (exact) mass is 641 g/mol. The van der Waals surface area contributed by atoms with Crippen LogP contribution in [0, 0.1) is 0 Å². The maximum atomic E-state index is 4.29. The Bertz CT molecular complexity index is 2820. The van der Waals surface area contributed by atoms with Gasteiger partial charge in [0.15, 0.2) is 0 Å². The Balaban J connectivity index is 1.26. The first-order valence-electron chi connectivity index (χ1n) is 17.3. The van der Waals surface area contributed by atoms with Crippen molar-refractivity contribution in [3.05, 3.63) is 175 Å². The Morgan fingerprint density at radius 1 is 0.540 bits per heavy atom. The molecule has 2 aromatic heterocycles. The molecule has 0 saturated heterocycles. The fourth-order valence-corrected chi connectivity index (χ4v) is 8.54. The lowest BCUT2D eigenvalue weighted by molar-refractivity contribution is 0.642. The van der Waals surface area contributed by atoms with Crippen molar-refractivity contribution in [3.63, 3.8) is 0 Å². The zero-order chi connectivity index (χ0) is 33.6. The number of hydrogen-bond acceptors (Lipinski definition) is 1. The van der Waals surface area contributed by atoms with Gasteiger partial charge in [0.05, 0.1) is 27.8 Å². The minimum atomic E-state index is -0.254. The predicted octanol–water partition coefficient (Wildman–Crippen LogP) is 12.6. The lowest BCUT2D eigenvalue weighted by Crippen LogP contribution is -2.27. The van der Waals surface area contributed by atoms with E-state index in [2.05, 4.69) is 187 Å². The zero-order valence-corrected chi connectivity index (χ0v) is 28.1. The van der Waals surface area contributed by atoms with E-state index < -0.39 is 0 Å². The number of anilines is 2. The minimum absolute atomic E-state index is 0.254. The van der Waals surface area contributed by atoms with Gasteiger partial charge in [-0.2, -0.15) is 0 Å². The molecule has 0 atom stereocenters. The second-order valence-electron chi connectivity index (χ2n) is 13.9. The molecule has 1 N–H and O–H groups in total. The zero-order valence-electron chi connectivity index (χ0n) is 28.1. The van der Waals surface area contributed by atoms with E-state index in [1.165, 1.54) is 71.6 Å². The average Bonchev–Trinajstić information content (AvgIpc) is 3.67. The van der Waals surface area contributed by atoms with Gasteiger partial charge in [-0.15, -0.1) is 0 Å². The number of fused-ring (bicyclic) bond motifs is 9. The molecule has 3 nitrogen and oxygen atoms in total. The number of rotatable bonds is 4. The number of para-hydroxylation sites is 4. The SMILES string of the molecule is C=Cc1cc2c3cc(-c4ccc5c(c4)c4ccccc4n5-c4ccccc4)ccc3n(-c3ccccc3)c2c2c1Nc1ccccc1C2(C)C. The van der Waals surface area contributed by atoms with E-state index in [0.717, 1.165) is 22.6 Å². The van der Waals surface area contributed by atoms with E-state index in [1.807, 2.05) is 6.08 Å². The van der Waals surface area contributed by atoms with Crippen molar-refractivity contribution in [2.24, 2.45) is 0 Å². The molecule has 0 saturated carbocycles. The van der Waals surface area contributed by atoms with Gasteiger partial charge in [-0.3, -0.25) is 0 Å². The Morgan fingerprint density at radius 3 is 1.80 bits per heavy atom. The summed E-state index contributed by atoms with van der Waals surface area (Å²) in [6.45, 7) is 9.01. The van der Waals surface area contributed by atoms with Crippen LogP contribution in [0.4, 0.5) is 11.4 Å². The third-order valence-corrected chi connectivity index (χ3v) is 10.8. The van der Waals surface area contributed by atoms with Crippen LogP contribution in [0.3, 0.4) is 0 Å². The summed E-state index contributed by atoms with van der Waals surface area (Å²) >= 11 is 0. The predicted molar refractivity (Wildman–Crippen MR) is 212 cm³/mol. The van der Waals surface area contributed by atoms with Crippen LogP contribution in [-0.4, -0.2) is 9.13 Å². The van der Waals surface area contributed by atoms with Crippen LogP contribution in [0.25, 0.3) is 72.2 Å². The van der Waals surface area contributed by atoms with Gasteiger partial charge in [0, 0.05) is 49.6 Å². The van der Waals surface area contributed by atoms with Crippen LogP contribution in [0.15, 0.2) is 158 Å². The van der Waals surface area contributed by atoms with Crippen LogP contribution < -0.4 is 5.32 Å². The van der Waals surface area contributed by atoms with Crippen LogP contribution in [-0.2, 0) is 5.41 Å². The smallest absolute Gasteiger partial charge is 0.0603 e. The fraction of sp³-hybridized carbons (Fsp3) is 0.0638. The van der Waals surface area contributed by atoms with Crippen molar-refractivity contribution >= 4 is 61.1 Å². The second kappa shape index (κ2) is 10.6. The summed E-state index contributed by atoms with van der Waals surface area (Å²) in [6.07, 6.45) is 2.00. The maximum Gasteiger partial charge on any atom is 0.0603 e. The summed E-state index contributed by atoms with van der Waals surface area (Å²) in [7, 11) is 0. The minimum Gasteiger partial charge on any atom is -0.354 e. The molecule has 50 heavy (non-hydrogen) atoms. The molecule has 0 spiro atoms. The molecular weight excluding hydrogens is 607 g/mol. The van der Waals surface area contributed by atoms with Gasteiger partial charge in [-0.05, 0) is 89.0 Å². The first kappa shape index (κ1) is 28.7. The quantitative estimate of drug-likeness (QED) is 0.203. The third kappa shape index (κ3) is 3.98. The number of benzene rings is 7. The standard InChI is InChI=1S/C47H35N3/c1-4-30-27-38-37-29-32(31-23-25-42-36(28-31)35-19-11-14-22-41(35)49(42)33-15-7-5-8-16-33)24-26-43(37)50(34-17-9-6-10-18-34)46(38)44-45(30)48-40-21-13-12-20-39(40)47(44,2)3/h4-29,48H,1H2,2-3H3. The summed E-state index contributed by atoms with van der Waals surface area (Å²) < 4.78 is 4.84. The summed E-state index contributed by atoms with van der Waals surface area (Å²) in [4.78, 5) is 0. The molecule has 0 amide bonds. The number of hydrogen-bond donors (Lipinski definition) is 1. The molecule has 9 aromatic rings. The van der Waals surface area contributed by atoms with E-state index in [1.54, 1.807) is 0 Å². The molecule has 0 unspecified atom stereocenters. The first-order chi connectivity index (χ1) is 24.5. The van der Waals surface area contributed by atoms with Crippen LogP contribution >= 0.6 is 0 Å². The second-order valence-corrected chi connectivity index (χ2v) is 13.9. The van der Waals surface area contributed by atoms with Gasteiger partial charge in [0.25, 0.3) is 0 Å².